The van der Waals surface area contributed by atoms with Crippen LogP contribution in [0.3, 0.4) is 0 Å². The number of pyridine rings is 1. The topological polar surface area (TPSA) is 63.5 Å². The Labute approximate surface area is 203 Å². The molecule has 0 radical (unpaired) electrons. The number of aromatic nitrogens is 3. The number of ether oxygens (including phenoxy) is 1. The summed E-state index contributed by atoms with van der Waals surface area (Å²) < 4.78 is 7.30. The zero-order chi connectivity index (χ0) is 23.5. The third-order valence-electron chi connectivity index (χ3n) is 5.85. The van der Waals surface area contributed by atoms with Crippen molar-refractivity contribution in [2.45, 2.75) is 33.4 Å². The molecule has 0 N–H and O–H groups in total. The molecule has 1 aliphatic heterocycles. The molecule has 3 heterocycles. The van der Waals surface area contributed by atoms with Gasteiger partial charge in [0.05, 0.1) is 28.0 Å². The van der Waals surface area contributed by atoms with Crippen LogP contribution in [0.15, 0.2) is 42.6 Å². The predicted molar refractivity (Wildman–Crippen MR) is 131 cm³/mol. The van der Waals surface area contributed by atoms with Crippen molar-refractivity contribution in [1.29, 1.82) is 0 Å². The number of benzene rings is 1. The minimum absolute atomic E-state index is 0.0168. The lowest BCUT2D eigenvalue weighted by atomic mass is 10.1. The molecule has 174 valence electrons. The lowest BCUT2D eigenvalue weighted by molar-refractivity contribution is -0.134. The molecule has 1 saturated heterocycles. The van der Waals surface area contributed by atoms with Gasteiger partial charge < -0.3 is 14.5 Å². The Kier molecular flexibility index (Phi) is 7.10. The predicted octanol–water partition coefficient (Wildman–Crippen LogP) is 4.70. The normalized spacial score (nSPS) is 16.2. The summed E-state index contributed by atoms with van der Waals surface area (Å²) in [5.74, 6) is 0.695. The van der Waals surface area contributed by atoms with Gasteiger partial charge >= 0.3 is 0 Å². The first-order chi connectivity index (χ1) is 15.9. The van der Waals surface area contributed by atoms with E-state index >= 15 is 0 Å². The van der Waals surface area contributed by atoms with E-state index in [9.17, 15) is 4.79 Å². The third kappa shape index (κ3) is 4.94. The molecule has 0 spiro atoms. The van der Waals surface area contributed by atoms with E-state index in [0.29, 0.717) is 40.3 Å². The number of rotatable bonds is 6. The summed E-state index contributed by atoms with van der Waals surface area (Å²) in [5, 5.41) is 5.69. The fourth-order valence-electron chi connectivity index (χ4n) is 4.08. The van der Waals surface area contributed by atoms with Crippen molar-refractivity contribution < 1.29 is 9.53 Å². The maximum Gasteiger partial charge on any atom is 0.244 e. The van der Waals surface area contributed by atoms with Gasteiger partial charge in [-0.05, 0) is 45.0 Å². The number of piperazine rings is 1. The lowest BCUT2D eigenvalue weighted by Gasteiger charge is -2.41. The number of halogens is 2. The highest BCUT2D eigenvalue weighted by Crippen LogP contribution is 2.31. The van der Waals surface area contributed by atoms with E-state index < -0.39 is 0 Å². The maximum absolute atomic E-state index is 13.2. The van der Waals surface area contributed by atoms with Crippen molar-refractivity contribution in [2.75, 3.05) is 31.1 Å². The minimum atomic E-state index is 0.0168. The monoisotopic (exact) mass is 487 g/mol. The molecule has 7 nitrogen and oxygen atoms in total. The number of anilines is 1. The smallest absolute Gasteiger partial charge is 0.244 e. The van der Waals surface area contributed by atoms with Gasteiger partial charge in [-0.25, -0.2) is 0 Å². The van der Waals surface area contributed by atoms with Crippen LogP contribution in [0.4, 0.5) is 5.69 Å². The van der Waals surface area contributed by atoms with Crippen molar-refractivity contribution in [3.05, 3.63) is 58.3 Å². The number of nitrogens with zero attached hydrogens (tertiary/aromatic N) is 5. The van der Waals surface area contributed by atoms with Gasteiger partial charge in [-0.2, -0.15) is 5.10 Å². The number of carbonyl (C=O) groups excluding carboxylic acids is 1. The summed E-state index contributed by atoms with van der Waals surface area (Å²) in [6, 6.07) is 11.4. The van der Waals surface area contributed by atoms with E-state index in [1.165, 1.54) is 0 Å². The van der Waals surface area contributed by atoms with Crippen molar-refractivity contribution in [2.24, 2.45) is 0 Å². The van der Waals surface area contributed by atoms with Gasteiger partial charge in [-0.3, -0.25) is 14.5 Å². The molecule has 0 bridgehead atoms. The Hall–Kier alpha value is -2.77. The average molecular weight is 488 g/mol. The second-order valence-electron chi connectivity index (χ2n) is 8.05. The third-order valence-corrected chi connectivity index (χ3v) is 6.62. The molecule has 0 aliphatic carbocycles. The Morgan fingerprint density at radius 1 is 1.21 bits per heavy atom. The highest BCUT2D eigenvalue weighted by Gasteiger charge is 2.29. The van der Waals surface area contributed by atoms with Gasteiger partial charge in [0.15, 0.2) is 0 Å². The molecule has 1 unspecified atom stereocenters. The second kappa shape index (κ2) is 10.0. The Morgan fingerprint density at radius 3 is 2.73 bits per heavy atom. The molecule has 2 aromatic heterocycles. The van der Waals surface area contributed by atoms with Crippen LogP contribution >= 0.6 is 23.2 Å². The molecular formula is C24H27Cl2N5O2. The molecule has 4 rings (SSSR count). The quantitative estimate of drug-likeness (QED) is 0.504. The molecule has 1 aliphatic rings. The van der Waals surface area contributed by atoms with Crippen LogP contribution in [0, 0.1) is 6.92 Å². The van der Waals surface area contributed by atoms with Gasteiger partial charge in [0.25, 0.3) is 0 Å². The number of hydrogen-bond donors (Lipinski definition) is 0. The van der Waals surface area contributed by atoms with E-state index in [4.69, 9.17) is 27.9 Å². The van der Waals surface area contributed by atoms with Gasteiger partial charge in [-0.1, -0.05) is 29.3 Å². The van der Waals surface area contributed by atoms with Gasteiger partial charge in [0, 0.05) is 43.6 Å². The van der Waals surface area contributed by atoms with Gasteiger partial charge in [0.1, 0.15) is 18.0 Å². The molecule has 0 saturated carbocycles. The van der Waals surface area contributed by atoms with Crippen LogP contribution in [-0.2, 0) is 11.3 Å². The van der Waals surface area contributed by atoms with E-state index in [-0.39, 0.29) is 18.5 Å². The first kappa shape index (κ1) is 23.4. The molecule has 1 amide bonds. The van der Waals surface area contributed by atoms with E-state index in [1.807, 2.05) is 55.1 Å². The fraction of sp³-hybridized carbons (Fsp3) is 0.375. The molecule has 1 atom stereocenters. The number of amides is 1. The van der Waals surface area contributed by atoms with Crippen LogP contribution in [-0.4, -0.2) is 57.9 Å². The summed E-state index contributed by atoms with van der Waals surface area (Å²) in [5.41, 5.74) is 3.07. The zero-order valence-electron chi connectivity index (χ0n) is 19.0. The van der Waals surface area contributed by atoms with E-state index in [0.717, 1.165) is 24.5 Å². The van der Waals surface area contributed by atoms with Gasteiger partial charge in [-0.15, -0.1) is 0 Å². The number of hydrogen-bond acceptors (Lipinski definition) is 5. The van der Waals surface area contributed by atoms with Crippen LogP contribution < -0.4 is 9.64 Å². The first-order valence-corrected chi connectivity index (χ1v) is 11.8. The summed E-state index contributed by atoms with van der Waals surface area (Å²) in [6.07, 6.45) is 1.70. The number of carbonyl (C=O) groups is 1. The molecular weight excluding hydrogens is 461 g/mol. The van der Waals surface area contributed by atoms with Crippen LogP contribution in [0.1, 0.15) is 19.5 Å². The lowest BCUT2D eigenvalue weighted by Crippen LogP contribution is -2.54. The van der Waals surface area contributed by atoms with Crippen LogP contribution in [0.2, 0.25) is 10.0 Å². The zero-order valence-corrected chi connectivity index (χ0v) is 20.5. The van der Waals surface area contributed by atoms with Gasteiger partial charge in [0.2, 0.25) is 5.91 Å². The van der Waals surface area contributed by atoms with Crippen molar-refractivity contribution >= 4 is 34.8 Å². The van der Waals surface area contributed by atoms with Crippen molar-refractivity contribution in [3.8, 4) is 17.1 Å². The highest BCUT2D eigenvalue weighted by atomic mass is 35.5. The SMILES string of the molecule is CCOc1cc(N2CCN(C(=O)Cn3nc(-c4ccccn4)c(Cl)c3C)C(C)C2)ccc1Cl. The van der Waals surface area contributed by atoms with Crippen molar-refractivity contribution in [3.63, 3.8) is 0 Å². The summed E-state index contributed by atoms with van der Waals surface area (Å²) in [6.45, 7) is 8.62. The summed E-state index contributed by atoms with van der Waals surface area (Å²) >= 11 is 12.7. The average Bonchev–Trinajstić information content (AvgIpc) is 3.09. The highest BCUT2D eigenvalue weighted by molar-refractivity contribution is 6.33. The maximum atomic E-state index is 13.2. The molecule has 33 heavy (non-hydrogen) atoms. The molecule has 1 fully saturated rings. The molecule has 1 aromatic carbocycles. The van der Waals surface area contributed by atoms with Crippen molar-refractivity contribution in [1.82, 2.24) is 19.7 Å². The summed E-state index contributed by atoms with van der Waals surface area (Å²) in [7, 11) is 0. The Balaban J connectivity index is 1.44. The minimum Gasteiger partial charge on any atom is -0.492 e. The standard InChI is InChI=1S/C24H27Cl2N5O2/c1-4-33-21-13-18(8-9-19(21)25)29-11-12-30(16(2)14-29)22(32)15-31-17(3)23(26)24(28-31)20-7-5-6-10-27-20/h5-10,13,16H,4,11-12,14-15H2,1-3H3. The largest absolute Gasteiger partial charge is 0.492 e. The van der Waals surface area contributed by atoms with E-state index in [2.05, 4.69) is 21.9 Å². The second-order valence-corrected chi connectivity index (χ2v) is 8.84. The first-order valence-electron chi connectivity index (χ1n) is 11.0. The van der Waals surface area contributed by atoms with Crippen LogP contribution in [0.5, 0.6) is 5.75 Å². The van der Waals surface area contributed by atoms with E-state index in [1.54, 1.807) is 10.9 Å². The van der Waals surface area contributed by atoms with Crippen LogP contribution in [0.25, 0.3) is 11.4 Å². The molecule has 9 heteroatoms. The molecule has 3 aromatic rings. The fourth-order valence-corrected chi connectivity index (χ4v) is 4.49. The Morgan fingerprint density at radius 2 is 2.03 bits per heavy atom. The summed E-state index contributed by atoms with van der Waals surface area (Å²) in [4.78, 5) is 21.7. The Bertz CT molecular complexity index is 1140.